The van der Waals surface area contributed by atoms with E-state index in [4.69, 9.17) is 4.42 Å². The fourth-order valence-corrected chi connectivity index (χ4v) is 5.09. The lowest BCUT2D eigenvalue weighted by atomic mass is 10.1. The first-order chi connectivity index (χ1) is 15.8. The van der Waals surface area contributed by atoms with Crippen molar-refractivity contribution in [3.63, 3.8) is 0 Å². The Morgan fingerprint density at radius 2 is 1.66 bits per heavy atom. The summed E-state index contributed by atoms with van der Waals surface area (Å²) in [4.78, 5) is 15.5. The van der Waals surface area contributed by atoms with Gasteiger partial charge in [-0.2, -0.15) is 0 Å². The van der Waals surface area contributed by atoms with Gasteiger partial charge in [-0.3, -0.25) is 9.36 Å². The van der Waals surface area contributed by atoms with Gasteiger partial charge in [-0.05, 0) is 36.1 Å². The minimum Gasteiger partial charge on any atom is -0.461 e. The zero-order valence-electron chi connectivity index (χ0n) is 17.6. The number of thioether (sulfide) groups is 1. The molecule has 2 aromatic carbocycles. The van der Waals surface area contributed by atoms with Crippen molar-refractivity contribution in [3.8, 4) is 11.6 Å². The molecule has 162 valence electrons. The van der Waals surface area contributed by atoms with Crippen molar-refractivity contribution in [1.29, 1.82) is 0 Å². The third-order valence-electron chi connectivity index (χ3n) is 5.61. The van der Waals surface area contributed by atoms with E-state index >= 15 is 0 Å². The van der Waals surface area contributed by atoms with Crippen molar-refractivity contribution in [3.05, 3.63) is 90.2 Å². The van der Waals surface area contributed by atoms with Gasteiger partial charge in [0.05, 0.1) is 12.8 Å². The monoisotopic (exact) mass is 444 g/mol. The molecule has 4 aromatic rings. The maximum Gasteiger partial charge on any atom is 0.240 e. The van der Waals surface area contributed by atoms with Crippen LogP contribution >= 0.6 is 11.8 Å². The van der Waals surface area contributed by atoms with Gasteiger partial charge in [-0.1, -0.05) is 72.4 Å². The minimum absolute atomic E-state index is 0.132. The summed E-state index contributed by atoms with van der Waals surface area (Å²) in [6, 6.07) is 23.8. The molecule has 0 spiro atoms. The number of amides is 1. The number of hydrogen-bond donors (Lipinski definition) is 0. The van der Waals surface area contributed by atoms with Crippen LogP contribution in [0.4, 0.5) is 0 Å². The van der Waals surface area contributed by atoms with Crippen molar-refractivity contribution in [2.45, 2.75) is 29.8 Å². The van der Waals surface area contributed by atoms with Crippen molar-refractivity contribution < 1.29 is 9.21 Å². The molecule has 3 heterocycles. The molecule has 5 rings (SSSR count). The SMILES string of the molecule is O=C(C(Sc1nnc(-c2ccco2)n1Cc1ccccc1)c1ccccc1)N1CCCC1. The number of carbonyl (C=O) groups excluding carboxylic acids is 1. The molecule has 0 saturated carbocycles. The van der Waals surface area contributed by atoms with Gasteiger partial charge >= 0.3 is 0 Å². The summed E-state index contributed by atoms with van der Waals surface area (Å²) in [5.41, 5.74) is 2.10. The summed E-state index contributed by atoms with van der Waals surface area (Å²) >= 11 is 1.46. The predicted octanol–water partition coefficient (Wildman–Crippen LogP) is 5.04. The molecule has 1 unspecified atom stereocenters. The molecule has 1 aliphatic heterocycles. The van der Waals surface area contributed by atoms with Gasteiger partial charge in [0.15, 0.2) is 10.9 Å². The number of carbonyl (C=O) groups is 1. The van der Waals surface area contributed by atoms with Crippen LogP contribution in [0.2, 0.25) is 0 Å². The average molecular weight is 445 g/mol. The number of nitrogens with zero attached hydrogens (tertiary/aromatic N) is 4. The van der Waals surface area contributed by atoms with Gasteiger partial charge in [0.2, 0.25) is 11.7 Å². The van der Waals surface area contributed by atoms with Gasteiger partial charge in [0, 0.05) is 13.1 Å². The average Bonchev–Trinajstić information content (AvgIpc) is 3.61. The van der Waals surface area contributed by atoms with Crippen LogP contribution < -0.4 is 0 Å². The van der Waals surface area contributed by atoms with E-state index in [9.17, 15) is 4.79 Å². The van der Waals surface area contributed by atoms with Crippen molar-refractivity contribution in [1.82, 2.24) is 19.7 Å². The Bertz CT molecular complexity index is 1150. The van der Waals surface area contributed by atoms with E-state index in [-0.39, 0.29) is 11.2 Å². The number of rotatable bonds is 7. The summed E-state index contributed by atoms with van der Waals surface area (Å²) in [7, 11) is 0. The normalized spacial score (nSPS) is 14.6. The molecule has 1 fully saturated rings. The molecule has 2 aromatic heterocycles. The summed E-state index contributed by atoms with van der Waals surface area (Å²) < 4.78 is 7.66. The standard InChI is InChI=1S/C25H24N4O2S/c30-24(28-15-7-8-16-28)22(20-12-5-2-6-13-20)32-25-27-26-23(21-14-9-17-31-21)29(25)18-19-10-3-1-4-11-19/h1-6,9-14,17,22H,7-8,15-16,18H2. The van der Waals surface area contributed by atoms with Gasteiger partial charge in [-0.15, -0.1) is 10.2 Å². The number of hydrogen-bond acceptors (Lipinski definition) is 5. The quantitative estimate of drug-likeness (QED) is 0.374. The highest BCUT2D eigenvalue weighted by Gasteiger charge is 2.31. The van der Waals surface area contributed by atoms with Gasteiger partial charge in [-0.25, -0.2) is 0 Å². The highest BCUT2D eigenvalue weighted by atomic mass is 32.2. The first kappa shape index (κ1) is 20.6. The van der Waals surface area contributed by atoms with Crippen molar-refractivity contribution in [2.24, 2.45) is 0 Å². The van der Waals surface area contributed by atoms with E-state index in [0.29, 0.717) is 23.3 Å². The summed E-state index contributed by atoms with van der Waals surface area (Å²) in [5.74, 6) is 1.44. The van der Waals surface area contributed by atoms with Crippen LogP contribution in [-0.2, 0) is 11.3 Å². The lowest BCUT2D eigenvalue weighted by Gasteiger charge is -2.23. The molecule has 0 N–H and O–H groups in total. The molecule has 6 nitrogen and oxygen atoms in total. The van der Waals surface area contributed by atoms with Crippen LogP contribution in [0.1, 0.15) is 29.2 Å². The predicted molar refractivity (Wildman–Crippen MR) is 124 cm³/mol. The third-order valence-corrected chi connectivity index (χ3v) is 6.83. The molecule has 1 saturated heterocycles. The van der Waals surface area contributed by atoms with Gasteiger partial charge in [0.25, 0.3) is 0 Å². The Labute approximate surface area is 191 Å². The number of aromatic nitrogens is 3. The van der Waals surface area contributed by atoms with E-state index in [1.54, 1.807) is 6.26 Å². The fraction of sp³-hybridized carbons (Fsp3) is 0.240. The minimum atomic E-state index is -0.377. The molecule has 1 amide bonds. The first-order valence-corrected chi connectivity index (χ1v) is 11.7. The van der Waals surface area contributed by atoms with Gasteiger partial charge in [0.1, 0.15) is 5.25 Å². The van der Waals surface area contributed by atoms with Crippen LogP contribution in [0, 0.1) is 0 Å². The summed E-state index contributed by atoms with van der Waals surface area (Å²) in [6.45, 7) is 2.22. The molecule has 0 radical (unpaired) electrons. The van der Waals surface area contributed by atoms with Crippen LogP contribution in [0.3, 0.4) is 0 Å². The highest BCUT2D eigenvalue weighted by molar-refractivity contribution is 8.00. The molecule has 0 aliphatic carbocycles. The topological polar surface area (TPSA) is 64.2 Å². The van der Waals surface area contributed by atoms with Crippen LogP contribution in [0.25, 0.3) is 11.6 Å². The molecule has 7 heteroatoms. The summed E-state index contributed by atoms with van der Waals surface area (Å²) in [5, 5.41) is 9.24. The van der Waals surface area contributed by atoms with Gasteiger partial charge < -0.3 is 9.32 Å². The zero-order chi connectivity index (χ0) is 21.8. The first-order valence-electron chi connectivity index (χ1n) is 10.8. The van der Waals surface area contributed by atoms with Crippen molar-refractivity contribution in [2.75, 3.05) is 13.1 Å². The Balaban J connectivity index is 1.52. The Morgan fingerprint density at radius 3 is 2.34 bits per heavy atom. The Hall–Kier alpha value is -3.32. The fourth-order valence-electron chi connectivity index (χ4n) is 3.97. The third kappa shape index (κ3) is 4.34. The maximum absolute atomic E-state index is 13.5. The molecule has 32 heavy (non-hydrogen) atoms. The van der Waals surface area contributed by atoms with E-state index in [1.807, 2.05) is 70.1 Å². The molecule has 0 bridgehead atoms. The molecular formula is C25H24N4O2S. The largest absolute Gasteiger partial charge is 0.461 e. The number of furan rings is 1. The van der Waals surface area contributed by atoms with Crippen LogP contribution in [0.15, 0.2) is 88.6 Å². The smallest absolute Gasteiger partial charge is 0.240 e. The molecular weight excluding hydrogens is 420 g/mol. The lowest BCUT2D eigenvalue weighted by Crippen LogP contribution is -2.31. The second-order valence-electron chi connectivity index (χ2n) is 7.80. The van der Waals surface area contributed by atoms with Crippen LogP contribution in [0.5, 0.6) is 0 Å². The Kier molecular flexibility index (Phi) is 6.07. The van der Waals surface area contributed by atoms with E-state index in [0.717, 1.165) is 37.1 Å². The second kappa shape index (κ2) is 9.44. The van der Waals surface area contributed by atoms with E-state index < -0.39 is 0 Å². The van der Waals surface area contributed by atoms with E-state index in [1.165, 1.54) is 11.8 Å². The lowest BCUT2D eigenvalue weighted by molar-refractivity contribution is -0.129. The summed E-state index contributed by atoms with van der Waals surface area (Å²) in [6.07, 6.45) is 3.75. The van der Waals surface area contributed by atoms with E-state index in [2.05, 4.69) is 22.3 Å². The Morgan fingerprint density at radius 1 is 0.938 bits per heavy atom. The van der Waals surface area contributed by atoms with Crippen LogP contribution in [-0.4, -0.2) is 38.7 Å². The molecule has 1 atom stereocenters. The number of likely N-dealkylation sites (tertiary alicyclic amines) is 1. The zero-order valence-corrected chi connectivity index (χ0v) is 18.4. The second-order valence-corrected chi connectivity index (χ2v) is 8.87. The highest BCUT2D eigenvalue weighted by Crippen LogP contribution is 2.38. The maximum atomic E-state index is 13.5. The van der Waals surface area contributed by atoms with Crippen molar-refractivity contribution >= 4 is 17.7 Å². The number of benzene rings is 2. The molecule has 1 aliphatic rings.